The smallest absolute Gasteiger partial charge is 0.240 e. The van der Waals surface area contributed by atoms with Gasteiger partial charge >= 0.3 is 0 Å². The summed E-state index contributed by atoms with van der Waals surface area (Å²) in [5.74, 6) is 0.754. The molecule has 1 atom stereocenters. The molecule has 0 aliphatic heterocycles. The Bertz CT molecular complexity index is 1130. The monoisotopic (exact) mass is 442 g/mol. The highest BCUT2D eigenvalue weighted by Crippen LogP contribution is 2.23. The maximum atomic E-state index is 12.6. The van der Waals surface area contributed by atoms with Gasteiger partial charge in [-0.15, -0.1) is 10.2 Å². The summed E-state index contributed by atoms with van der Waals surface area (Å²) in [4.78, 5) is 17.1. The zero-order chi connectivity index (χ0) is 19.9. The molecule has 0 saturated carbocycles. The number of fused-ring (bicyclic) bond motifs is 2. The predicted molar refractivity (Wildman–Crippen MR) is 108 cm³/mol. The van der Waals surface area contributed by atoms with Crippen LogP contribution in [0.1, 0.15) is 31.6 Å². The molecule has 3 N–H and O–H groups in total. The third-order valence-electron chi connectivity index (χ3n) is 4.31. The number of rotatable bonds is 5. The molecule has 0 radical (unpaired) electrons. The first-order chi connectivity index (χ1) is 13.3. The average Bonchev–Trinajstić information content (AvgIpc) is 3.23. The number of nitrogens with one attached hydrogen (secondary N) is 1. The molecule has 9 heteroatoms. The molecular weight excluding hydrogens is 424 g/mol. The van der Waals surface area contributed by atoms with Crippen molar-refractivity contribution in [3.05, 3.63) is 58.8 Å². The Kier molecular flexibility index (Phi) is 4.64. The third-order valence-corrected chi connectivity index (χ3v) is 4.78. The summed E-state index contributed by atoms with van der Waals surface area (Å²) in [6.45, 7) is 3.30. The number of aromatic nitrogens is 4. The van der Waals surface area contributed by atoms with Gasteiger partial charge in [-0.05, 0) is 54.0 Å². The highest BCUT2D eigenvalue weighted by molar-refractivity contribution is 9.10. The van der Waals surface area contributed by atoms with E-state index in [4.69, 9.17) is 10.2 Å². The first kappa shape index (κ1) is 18.6. The third kappa shape index (κ3) is 3.63. The number of amides is 1. The van der Waals surface area contributed by atoms with Crippen LogP contribution in [0.25, 0.3) is 16.7 Å². The standard InChI is InChI=1S/C19H19BrN6O2/c1-19(2,21)18(27)23-13(9-16-22-12-5-3-4-6-14(12)28-16)17-25-24-15-8-7-11(20)10-26(15)17/h3-8,10,13H,9,21H2,1-2H3,(H,23,27)/t13-/m1/s1. The second-order valence-corrected chi connectivity index (χ2v) is 8.08. The summed E-state index contributed by atoms with van der Waals surface area (Å²) in [5.41, 5.74) is 7.05. The van der Waals surface area contributed by atoms with E-state index in [9.17, 15) is 4.79 Å². The number of para-hydroxylation sites is 2. The van der Waals surface area contributed by atoms with Gasteiger partial charge in [-0.2, -0.15) is 0 Å². The quantitative estimate of drug-likeness (QED) is 0.491. The van der Waals surface area contributed by atoms with E-state index in [1.165, 1.54) is 0 Å². The number of carbonyl (C=O) groups excluding carboxylic acids is 1. The van der Waals surface area contributed by atoms with Crippen LogP contribution in [0, 0.1) is 0 Å². The fraction of sp³-hybridized carbons (Fsp3) is 0.263. The number of pyridine rings is 1. The van der Waals surface area contributed by atoms with Crippen molar-refractivity contribution in [2.24, 2.45) is 5.73 Å². The molecule has 4 aromatic rings. The van der Waals surface area contributed by atoms with Crippen LogP contribution in [-0.2, 0) is 11.2 Å². The molecular formula is C19H19BrN6O2. The summed E-state index contributed by atoms with van der Waals surface area (Å²) in [7, 11) is 0. The fourth-order valence-corrected chi connectivity index (χ4v) is 3.19. The van der Waals surface area contributed by atoms with Crippen LogP contribution in [0.5, 0.6) is 0 Å². The molecule has 0 spiro atoms. The van der Waals surface area contributed by atoms with Gasteiger partial charge in [0.25, 0.3) is 0 Å². The van der Waals surface area contributed by atoms with Gasteiger partial charge in [-0.1, -0.05) is 12.1 Å². The van der Waals surface area contributed by atoms with Crippen molar-refractivity contribution in [3.8, 4) is 0 Å². The maximum Gasteiger partial charge on any atom is 0.240 e. The molecule has 3 heterocycles. The number of nitrogens with two attached hydrogens (primary N) is 1. The van der Waals surface area contributed by atoms with Crippen LogP contribution in [0.2, 0.25) is 0 Å². The summed E-state index contributed by atoms with van der Waals surface area (Å²) in [5, 5.41) is 11.4. The number of oxazole rings is 1. The van der Waals surface area contributed by atoms with Gasteiger partial charge in [0.05, 0.1) is 18.0 Å². The van der Waals surface area contributed by atoms with E-state index >= 15 is 0 Å². The lowest BCUT2D eigenvalue weighted by atomic mass is 10.0. The Hall–Kier alpha value is -2.78. The van der Waals surface area contributed by atoms with E-state index in [1.54, 1.807) is 13.8 Å². The molecule has 28 heavy (non-hydrogen) atoms. The number of hydrogen-bond acceptors (Lipinski definition) is 6. The first-order valence-electron chi connectivity index (χ1n) is 8.76. The fourth-order valence-electron chi connectivity index (χ4n) is 2.85. The molecule has 3 aromatic heterocycles. The normalized spacial score (nSPS) is 13.1. The van der Waals surface area contributed by atoms with Crippen LogP contribution in [0.4, 0.5) is 0 Å². The lowest BCUT2D eigenvalue weighted by molar-refractivity contribution is -0.126. The van der Waals surface area contributed by atoms with Gasteiger partial charge in [0, 0.05) is 10.7 Å². The molecule has 0 fully saturated rings. The van der Waals surface area contributed by atoms with Gasteiger partial charge in [0.1, 0.15) is 5.52 Å². The number of carbonyl (C=O) groups is 1. The molecule has 0 unspecified atom stereocenters. The predicted octanol–water partition coefficient (Wildman–Crippen LogP) is 2.77. The lowest BCUT2D eigenvalue weighted by Gasteiger charge is -2.22. The minimum atomic E-state index is -1.04. The Morgan fingerprint density at radius 3 is 2.82 bits per heavy atom. The van der Waals surface area contributed by atoms with Crippen molar-refractivity contribution in [2.45, 2.75) is 31.8 Å². The summed E-state index contributed by atoms with van der Waals surface area (Å²) >= 11 is 3.46. The minimum Gasteiger partial charge on any atom is -0.441 e. The van der Waals surface area contributed by atoms with Crippen molar-refractivity contribution in [1.29, 1.82) is 0 Å². The van der Waals surface area contributed by atoms with Crippen molar-refractivity contribution in [2.75, 3.05) is 0 Å². The molecule has 0 bridgehead atoms. The number of hydrogen-bond donors (Lipinski definition) is 2. The Morgan fingerprint density at radius 1 is 1.29 bits per heavy atom. The van der Waals surface area contributed by atoms with Crippen LogP contribution in [-0.4, -0.2) is 31.0 Å². The molecule has 0 saturated heterocycles. The molecule has 0 aliphatic rings. The first-order valence-corrected chi connectivity index (χ1v) is 9.55. The van der Waals surface area contributed by atoms with E-state index in [2.05, 4.69) is 36.4 Å². The van der Waals surface area contributed by atoms with Gasteiger partial charge in [0.2, 0.25) is 5.91 Å². The van der Waals surface area contributed by atoms with Crippen LogP contribution in [0.15, 0.2) is 51.5 Å². The van der Waals surface area contributed by atoms with Gasteiger partial charge < -0.3 is 15.5 Å². The maximum absolute atomic E-state index is 12.6. The summed E-state index contributed by atoms with van der Waals surface area (Å²) in [6.07, 6.45) is 2.16. The van der Waals surface area contributed by atoms with Gasteiger partial charge in [0.15, 0.2) is 22.9 Å². The van der Waals surface area contributed by atoms with Gasteiger partial charge in [-0.3, -0.25) is 9.20 Å². The average molecular weight is 443 g/mol. The second kappa shape index (κ2) is 6.99. The van der Waals surface area contributed by atoms with Crippen LogP contribution in [0.3, 0.4) is 0 Å². The topological polar surface area (TPSA) is 111 Å². The highest BCUT2D eigenvalue weighted by atomic mass is 79.9. The molecule has 1 amide bonds. The minimum absolute atomic E-state index is 0.305. The SMILES string of the molecule is CC(C)(N)C(=O)N[C@H](Cc1nc2ccccc2o1)c1nnc2ccc(Br)cn12. The molecule has 144 valence electrons. The Morgan fingerprint density at radius 2 is 2.07 bits per heavy atom. The largest absolute Gasteiger partial charge is 0.441 e. The van der Waals surface area contributed by atoms with Gasteiger partial charge in [-0.25, -0.2) is 4.98 Å². The van der Waals surface area contributed by atoms with Crippen molar-refractivity contribution in [1.82, 2.24) is 24.9 Å². The second-order valence-electron chi connectivity index (χ2n) is 7.16. The Balaban J connectivity index is 1.74. The van der Waals surface area contributed by atoms with Crippen LogP contribution >= 0.6 is 15.9 Å². The molecule has 0 aliphatic carbocycles. The summed E-state index contributed by atoms with van der Waals surface area (Å²) < 4.78 is 8.53. The van der Waals surface area contributed by atoms with E-state index in [-0.39, 0.29) is 5.91 Å². The highest BCUT2D eigenvalue weighted by Gasteiger charge is 2.29. The van der Waals surface area contributed by atoms with Crippen molar-refractivity contribution < 1.29 is 9.21 Å². The molecule has 8 nitrogen and oxygen atoms in total. The number of halogens is 1. The molecule has 1 aromatic carbocycles. The number of benzene rings is 1. The molecule has 4 rings (SSSR count). The van der Waals surface area contributed by atoms with Crippen molar-refractivity contribution in [3.63, 3.8) is 0 Å². The van der Waals surface area contributed by atoms with Crippen LogP contribution < -0.4 is 11.1 Å². The summed E-state index contributed by atoms with van der Waals surface area (Å²) in [6, 6.07) is 10.7. The van der Waals surface area contributed by atoms with E-state index in [0.29, 0.717) is 29.4 Å². The zero-order valence-corrected chi connectivity index (χ0v) is 17.0. The van der Waals surface area contributed by atoms with E-state index in [0.717, 1.165) is 9.99 Å². The lowest BCUT2D eigenvalue weighted by Crippen LogP contribution is -2.50. The van der Waals surface area contributed by atoms with E-state index in [1.807, 2.05) is 47.0 Å². The number of nitrogens with zero attached hydrogens (tertiary/aromatic N) is 4. The zero-order valence-electron chi connectivity index (χ0n) is 15.4. The Labute approximate surface area is 169 Å². The van der Waals surface area contributed by atoms with E-state index < -0.39 is 11.6 Å². The van der Waals surface area contributed by atoms with Crippen molar-refractivity contribution >= 4 is 38.6 Å².